The van der Waals surface area contributed by atoms with E-state index in [1.165, 1.54) is 0 Å². The maximum atomic E-state index is 8.62. The Labute approximate surface area is 55.6 Å². The molecular weight excluding hydrogens is 133 g/mol. The molecule has 0 saturated heterocycles. The Hall–Kier alpha value is -0.590. The fourth-order valence-corrected chi connectivity index (χ4v) is 0.873. The SMILES string of the molecule is Nc1ccc(PO)cc1. The number of nitrogen functional groups attached to an aromatic ring is 1. The van der Waals surface area contributed by atoms with Gasteiger partial charge < -0.3 is 10.6 Å². The minimum Gasteiger partial charge on any atom is -0.399 e. The van der Waals surface area contributed by atoms with Crippen LogP contribution >= 0.6 is 8.81 Å². The van der Waals surface area contributed by atoms with Crippen molar-refractivity contribution in [1.29, 1.82) is 0 Å². The number of benzene rings is 1. The van der Waals surface area contributed by atoms with Gasteiger partial charge in [0.25, 0.3) is 0 Å². The van der Waals surface area contributed by atoms with Crippen LogP contribution in [-0.2, 0) is 0 Å². The lowest BCUT2D eigenvalue weighted by Crippen LogP contribution is -1.93. The van der Waals surface area contributed by atoms with E-state index in [1.807, 2.05) is 12.1 Å². The van der Waals surface area contributed by atoms with Gasteiger partial charge >= 0.3 is 0 Å². The minimum atomic E-state index is -0.129. The van der Waals surface area contributed by atoms with Gasteiger partial charge in [0.15, 0.2) is 0 Å². The number of anilines is 1. The third-order valence-electron chi connectivity index (χ3n) is 1.04. The summed E-state index contributed by atoms with van der Waals surface area (Å²) in [5.74, 6) is 0. The zero-order chi connectivity index (χ0) is 6.69. The lowest BCUT2D eigenvalue weighted by molar-refractivity contribution is 0.655. The quantitative estimate of drug-likeness (QED) is 0.441. The van der Waals surface area contributed by atoms with Crippen molar-refractivity contribution in [3.63, 3.8) is 0 Å². The van der Waals surface area contributed by atoms with E-state index in [9.17, 15) is 0 Å². The first-order valence-corrected chi connectivity index (χ1v) is 3.53. The van der Waals surface area contributed by atoms with Gasteiger partial charge in [-0.3, -0.25) is 0 Å². The second-order valence-corrected chi connectivity index (χ2v) is 2.53. The summed E-state index contributed by atoms with van der Waals surface area (Å²) in [6, 6.07) is 7.18. The van der Waals surface area contributed by atoms with Crippen LogP contribution in [0.3, 0.4) is 0 Å². The van der Waals surface area contributed by atoms with Gasteiger partial charge in [0.05, 0.1) is 0 Å². The van der Waals surface area contributed by atoms with Crippen molar-refractivity contribution >= 4 is 19.8 Å². The molecule has 0 fully saturated rings. The number of hydrogen-bond acceptors (Lipinski definition) is 2. The molecule has 1 rings (SSSR count). The minimum absolute atomic E-state index is 0.129. The van der Waals surface area contributed by atoms with Crippen LogP contribution in [0.15, 0.2) is 24.3 Å². The van der Waals surface area contributed by atoms with Crippen LogP contribution in [0.1, 0.15) is 0 Å². The molecule has 9 heavy (non-hydrogen) atoms. The molecule has 1 unspecified atom stereocenters. The van der Waals surface area contributed by atoms with Gasteiger partial charge in [0.2, 0.25) is 0 Å². The zero-order valence-electron chi connectivity index (χ0n) is 4.83. The third-order valence-corrected chi connectivity index (χ3v) is 1.63. The molecule has 3 N–H and O–H groups in total. The smallest absolute Gasteiger partial charge is 0.0420 e. The van der Waals surface area contributed by atoms with E-state index >= 15 is 0 Å². The predicted molar refractivity (Wildman–Crippen MR) is 41.0 cm³/mol. The van der Waals surface area contributed by atoms with Crippen molar-refractivity contribution < 1.29 is 4.89 Å². The molecule has 1 aromatic rings. The van der Waals surface area contributed by atoms with Gasteiger partial charge in [-0.25, -0.2) is 0 Å². The van der Waals surface area contributed by atoms with Crippen LogP contribution in [0, 0.1) is 0 Å². The van der Waals surface area contributed by atoms with Crippen molar-refractivity contribution in [3.05, 3.63) is 24.3 Å². The molecule has 1 aromatic carbocycles. The Balaban J connectivity index is 2.88. The Kier molecular flexibility index (Phi) is 2.04. The largest absolute Gasteiger partial charge is 0.399 e. The average molecular weight is 141 g/mol. The molecule has 3 heteroatoms. The lowest BCUT2D eigenvalue weighted by atomic mass is 10.3. The van der Waals surface area contributed by atoms with Crippen molar-refractivity contribution in [2.75, 3.05) is 5.73 Å². The average Bonchev–Trinajstić information content (AvgIpc) is 1.90. The van der Waals surface area contributed by atoms with Crippen LogP contribution in [0.25, 0.3) is 0 Å². The van der Waals surface area contributed by atoms with Crippen molar-refractivity contribution in [3.8, 4) is 0 Å². The number of rotatable bonds is 1. The molecule has 0 spiro atoms. The molecule has 2 nitrogen and oxygen atoms in total. The Morgan fingerprint density at radius 2 is 1.78 bits per heavy atom. The second kappa shape index (κ2) is 2.81. The highest BCUT2D eigenvalue weighted by molar-refractivity contribution is 7.40. The molecular formula is C6H8NOP. The molecule has 0 amide bonds. The topological polar surface area (TPSA) is 46.2 Å². The van der Waals surface area contributed by atoms with Crippen LogP contribution in [0.4, 0.5) is 5.69 Å². The van der Waals surface area contributed by atoms with Gasteiger partial charge in [-0.1, -0.05) is 12.1 Å². The third kappa shape index (κ3) is 1.67. The highest BCUT2D eigenvalue weighted by Gasteiger charge is 1.86. The molecule has 0 heterocycles. The molecule has 0 aliphatic rings. The van der Waals surface area contributed by atoms with E-state index in [4.69, 9.17) is 10.6 Å². The van der Waals surface area contributed by atoms with E-state index in [0.29, 0.717) is 0 Å². The monoisotopic (exact) mass is 141 g/mol. The Morgan fingerprint density at radius 3 is 2.22 bits per heavy atom. The van der Waals surface area contributed by atoms with E-state index in [0.717, 1.165) is 11.0 Å². The number of nitrogens with two attached hydrogens (primary N) is 1. The number of hydrogen-bond donors (Lipinski definition) is 2. The Bertz CT molecular complexity index is 185. The summed E-state index contributed by atoms with van der Waals surface area (Å²) in [6.45, 7) is 0. The van der Waals surface area contributed by atoms with E-state index < -0.39 is 0 Å². The fourth-order valence-electron chi connectivity index (χ4n) is 0.558. The van der Waals surface area contributed by atoms with Crippen LogP contribution in [-0.4, -0.2) is 4.89 Å². The molecule has 0 saturated carbocycles. The van der Waals surface area contributed by atoms with Crippen molar-refractivity contribution in [2.45, 2.75) is 0 Å². The van der Waals surface area contributed by atoms with E-state index in [2.05, 4.69) is 0 Å². The van der Waals surface area contributed by atoms with Gasteiger partial charge in [0.1, 0.15) is 0 Å². The van der Waals surface area contributed by atoms with E-state index in [1.54, 1.807) is 12.1 Å². The van der Waals surface area contributed by atoms with Crippen molar-refractivity contribution in [2.24, 2.45) is 0 Å². The van der Waals surface area contributed by atoms with Crippen LogP contribution in [0.5, 0.6) is 0 Å². The normalized spacial score (nSPS) is 10.8. The predicted octanol–water partition coefficient (Wildman–Crippen LogP) is 0.480. The van der Waals surface area contributed by atoms with Gasteiger partial charge in [0, 0.05) is 14.5 Å². The molecule has 1 atom stereocenters. The molecule has 0 bridgehead atoms. The first-order chi connectivity index (χ1) is 4.33. The second-order valence-electron chi connectivity index (χ2n) is 1.73. The highest BCUT2D eigenvalue weighted by atomic mass is 31.1. The summed E-state index contributed by atoms with van der Waals surface area (Å²) in [7, 11) is -0.129. The first-order valence-electron chi connectivity index (χ1n) is 2.58. The van der Waals surface area contributed by atoms with Gasteiger partial charge in [-0.05, 0) is 17.4 Å². The highest BCUT2D eigenvalue weighted by Crippen LogP contribution is 2.05. The first kappa shape index (κ1) is 6.53. The van der Waals surface area contributed by atoms with Crippen molar-refractivity contribution in [1.82, 2.24) is 0 Å². The maximum absolute atomic E-state index is 8.62. The van der Waals surface area contributed by atoms with Crippen LogP contribution < -0.4 is 11.0 Å². The maximum Gasteiger partial charge on any atom is 0.0420 e. The van der Waals surface area contributed by atoms with Crippen LogP contribution in [0.2, 0.25) is 0 Å². The molecule has 0 aliphatic heterocycles. The Morgan fingerprint density at radius 1 is 1.22 bits per heavy atom. The zero-order valence-corrected chi connectivity index (χ0v) is 5.83. The summed E-state index contributed by atoms with van der Waals surface area (Å²) in [6.07, 6.45) is 0. The summed E-state index contributed by atoms with van der Waals surface area (Å²) in [4.78, 5) is 8.62. The lowest BCUT2D eigenvalue weighted by Gasteiger charge is -1.93. The standard InChI is InChI=1S/C6H8NOP/c7-5-1-3-6(9-8)4-2-5/h1-4,8-9H,7H2. The fraction of sp³-hybridized carbons (Fsp3) is 0. The summed E-state index contributed by atoms with van der Waals surface area (Å²) in [5, 5.41) is 0.921. The van der Waals surface area contributed by atoms with Gasteiger partial charge in [-0.2, -0.15) is 0 Å². The molecule has 48 valence electrons. The van der Waals surface area contributed by atoms with E-state index in [-0.39, 0.29) is 8.81 Å². The summed E-state index contributed by atoms with van der Waals surface area (Å²) >= 11 is 0. The van der Waals surface area contributed by atoms with Gasteiger partial charge in [-0.15, -0.1) is 0 Å². The molecule has 0 radical (unpaired) electrons. The summed E-state index contributed by atoms with van der Waals surface area (Å²) < 4.78 is 0. The molecule has 0 aromatic heterocycles. The molecule has 0 aliphatic carbocycles. The summed E-state index contributed by atoms with van der Waals surface area (Å²) in [5.41, 5.74) is 6.14.